The second kappa shape index (κ2) is 34.9. The standard InChI is InChI=1S/C78H79B2N6O12/c1-5-57-9-7-11-63(59-33-37-85(38-34-59)53-55-13-17-61(18-14-55)79(87)88)65(57)21-23-67-69-25-29-73(81-69)77(97-51-49-95-47-45-93-43-41-91-3)75-31-27-71(83-75)68(72-28-32-76(84-72)78(74-30-26-70(67)82-74)98-52-50-96-48-46-94-44-42-92-4)24-22-66-58(6-2)10-8-12-64(66)60-35-39-86(40-36-60)54-56-15-19-62(20-16-56)80(89)90/h7-20,25-40,87-90H,5-6,41-54H2,1-4H3,(H,81,82,83,84)/q+1/p+1. The summed E-state index contributed by atoms with van der Waals surface area (Å²) in [6.07, 6.45) is 17.4. The number of aromatic nitrogens is 6. The van der Waals surface area contributed by atoms with Crippen molar-refractivity contribution >= 4 is 71.5 Å². The Hall–Kier alpha value is -9.77. The highest BCUT2D eigenvalue weighted by Crippen LogP contribution is 2.34. The topological polar surface area (TPSA) is 220 Å². The van der Waals surface area contributed by atoms with Gasteiger partial charge in [0.05, 0.1) is 111 Å². The van der Waals surface area contributed by atoms with Gasteiger partial charge in [-0.2, -0.15) is 0 Å². The maximum absolute atomic E-state index is 9.65. The van der Waals surface area contributed by atoms with Gasteiger partial charge in [0.15, 0.2) is 49.4 Å². The van der Waals surface area contributed by atoms with Gasteiger partial charge in [-0.1, -0.05) is 122 Å². The number of ether oxygens (including phenoxy) is 8. The summed E-state index contributed by atoms with van der Waals surface area (Å²) < 4.78 is 51.3. The minimum absolute atomic E-state index is 0.202. The molecule has 0 radical (unpaired) electrons. The Bertz CT molecular complexity index is 4430. The molecule has 20 heteroatoms. The molecule has 11 rings (SSSR count). The molecule has 0 fully saturated rings. The smallest absolute Gasteiger partial charge is 0.487 e. The maximum atomic E-state index is 9.65. The molecule has 0 spiro atoms. The van der Waals surface area contributed by atoms with Crippen molar-refractivity contribution in [3.63, 3.8) is 0 Å². The van der Waals surface area contributed by atoms with Crippen LogP contribution in [0.3, 0.4) is 0 Å². The second-order valence-corrected chi connectivity index (χ2v) is 23.2. The lowest BCUT2D eigenvalue weighted by Gasteiger charge is -2.10. The Morgan fingerprint density at radius 3 is 1.13 bits per heavy atom. The highest BCUT2D eigenvalue weighted by molar-refractivity contribution is 6.58. The van der Waals surface area contributed by atoms with Gasteiger partial charge in [-0.15, -0.1) is 0 Å². The van der Waals surface area contributed by atoms with Gasteiger partial charge in [-0.25, -0.2) is 19.1 Å². The fourth-order valence-electron chi connectivity index (χ4n) is 11.4. The van der Waals surface area contributed by atoms with Crippen LogP contribution >= 0.6 is 0 Å². The Kier molecular flexibility index (Phi) is 24.8. The van der Waals surface area contributed by atoms with Crippen molar-refractivity contribution in [3.05, 3.63) is 226 Å². The van der Waals surface area contributed by atoms with Crippen molar-refractivity contribution in [1.29, 1.82) is 0 Å². The molecule has 0 unspecified atom stereocenters. The number of aryl methyl sites for hydroxylation is 2. The average Bonchev–Trinajstić information content (AvgIpc) is 1.42. The molecular formula is C78H80B2N6O12+2. The number of nitrogens with one attached hydrogen (secondary N) is 2. The van der Waals surface area contributed by atoms with Crippen LogP contribution in [0.1, 0.15) is 81.1 Å². The number of methoxy groups -OCH3 is 2. The zero-order chi connectivity index (χ0) is 68.0. The first-order chi connectivity index (χ1) is 48.1. The van der Waals surface area contributed by atoms with Gasteiger partial charge in [0.25, 0.3) is 0 Å². The van der Waals surface area contributed by atoms with Crippen LogP contribution in [-0.4, -0.2) is 148 Å². The molecule has 0 aliphatic carbocycles. The van der Waals surface area contributed by atoms with E-state index in [0.717, 1.165) is 68.5 Å². The van der Waals surface area contributed by atoms with Crippen LogP contribution in [0.15, 0.2) is 158 Å². The van der Waals surface area contributed by atoms with Crippen LogP contribution < -0.4 is 29.5 Å². The lowest BCUT2D eigenvalue weighted by Crippen LogP contribution is -2.34. The summed E-state index contributed by atoms with van der Waals surface area (Å²) in [7, 11) is 0.237. The molecule has 498 valence electrons. The average molecular weight is 1320 g/mol. The Morgan fingerprint density at radius 2 is 0.745 bits per heavy atom. The van der Waals surface area contributed by atoms with Crippen LogP contribution in [0, 0.1) is 23.7 Å². The monoisotopic (exact) mass is 1310 g/mol. The fraction of sp³-hybridized carbons (Fsp3) is 0.256. The van der Waals surface area contributed by atoms with Crippen LogP contribution in [0.5, 0.6) is 11.5 Å². The minimum atomic E-state index is -1.52. The highest BCUT2D eigenvalue weighted by Gasteiger charge is 2.21. The SMILES string of the molecule is CCc1cccc(-c2cc[n+](Cc3ccc(B(O)O)cc3)cc2)c1C#Cc1c2nc(c(OCCOCCOCCOC)c3ccc([nH]3)c(C#Cc3c(CC)cccc3-c3cc[n+](Cc4ccc(B(O)O)cc4)cc3)c3ccc([nH]3)c(OCCOCCOCCOC)c3nc1C=C3)C=C2. The van der Waals surface area contributed by atoms with Crippen molar-refractivity contribution in [1.82, 2.24) is 19.9 Å². The molecular weight excluding hydrogens is 1230 g/mol. The number of fused-ring (bicyclic) bond motifs is 8. The first-order valence-electron chi connectivity index (χ1n) is 32.9. The van der Waals surface area contributed by atoms with Gasteiger partial charge in [0.1, 0.15) is 24.6 Å². The summed E-state index contributed by atoms with van der Waals surface area (Å²) in [5.74, 6) is 15.6. The van der Waals surface area contributed by atoms with E-state index >= 15 is 0 Å². The van der Waals surface area contributed by atoms with Gasteiger partial charge >= 0.3 is 14.2 Å². The third-order valence-corrected chi connectivity index (χ3v) is 16.6. The Balaban J connectivity index is 1.03. The van der Waals surface area contributed by atoms with Gasteiger partial charge in [-0.3, -0.25) is 0 Å². The largest absolute Gasteiger partial charge is 0.488 e. The third-order valence-electron chi connectivity index (χ3n) is 16.6. The van der Waals surface area contributed by atoms with Crippen molar-refractivity contribution in [2.45, 2.75) is 39.8 Å². The molecule has 4 aromatic carbocycles. The summed E-state index contributed by atoms with van der Waals surface area (Å²) in [5.41, 5.74) is 17.1. The van der Waals surface area contributed by atoms with Crippen LogP contribution in [0.2, 0.25) is 0 Å². The minimum Gasteiger partial charge on any atom is -0.487 e. The fourth-order valence-corrected chi connectivity index (χ4v) is 11.4. The molecule has 9 aromatic rings. The number of pyridine rings is 2. The normalized spacial score (nSPS) is 11.5. The summed E-state index contributed by atoms with van der Waals surface area (Å²) in [4.78, 5) is 18.1. The second-order valence-electron chi connectivity index (χ2n) is 23.2. The van der Waals surface area contributed by atoms with Crippen LogP contribution in [-0.2, 0) is 54.4 Å². The maximum Gasteiger partial charge on any atom is 0.488 e. The molecule has 6 N–H and O–H groups in total. The number of aromatic amines is 2. The third kappa shape index (κ3) is 18.1. The van der Waals surface area contributed by atoms with E-state index in [1.807, 2.05) is 97.6 Å². The molecule has 0 saturated carbocycles. The van der Waals surface area contributed by atoms with Crippen LogP contribution in [0.25, 0.3) is 68.6 Å². The van der Waals surface area contributed by atoms with Gasteiger partial charge < -0.3 is 68.0 Å². The number of nitrogens with zero attached hydrogens (tertiary/aromatic N) is 4. The van der Waals surface area contributed by atoms with Crippen molar-refractivity contribution in [2.24, 2.45) is 0 Å². The highest BCUT2D eigenvalue weighted by atomic mass is 16.6. The molecule has 0 amide bonds. The molecule has 98 heavy (non-hydrogen) atoms. The zero-order valence-electron chi connectivity index (χ0n) is 55.6. The van der Waals surface area contributed by atoms with E-state index in [9.17, 15) is 20.1 Å². The number of benzene rings is 4. The van der Waals surface area contributed by atoms with Crippen LogP contribution in [0.4, 0.5) is 0 Å². The number of hydrogen-bond donors (Lipinski definition) is 6. The lowest BCUT2D eigenvalue weighted by atomic mass is 9.80. The molecule has 0 atom stereocenters. The molecule has 5 aromatic heterocycles. The van der Waals surface area contributed by atoms with E-state index in [4.69, 9.17) is 47.9 Å². The van der Waals surface area contributed by atoms with E-state index in [0.29, 0.717) is 144 Å². The van der Waals surface area contributed by atoms with E-state index in [-0.39, 0.29) is 26.4 Å². The zero-order valence-corrected chi connectivity index (χ0v) is 55.6. The van der Waals surface area contributed by atoms with Gasteiger partial charge in [0, 0.05) is 60.7 Å². The Labute approximate surface area is 572 Å². The van der Waals surface area contributed by atoms with Gasteiger partial charge in [-0.05, 0) is 106 Å². The van der Waals surface area contributed by atoms with Crippen molar-refractivity contribution in [3.8, 4) is 57.4 Å². The van der Waals surface area contributed by atoms with E-state index < -0.39 is 14.2 Å². The summed E-state index contributed by atoms with van der Waals surface area (Å²) in [5, 5.41) is 38.6. The number of rotatable bonds is 30. The Morgan fingerprint density at radius 1 is 0.388 bits per heavy atom. The first kappa shape index (κ1) is 69.6. The summed E-state index contributed by atoms with van der Waals surface area (Å²) in [6.45, 7) is 9.93. The molecule has 18 nitrogen and oxygen atoms in total. The van der Waals surface area contributed by atoms with Crippen molar-refractivity contribution in [2.75, 3.05) is 93.5 Å². The number of H-pyrrole nitrogens is 2. The molecule has 0 saturated heterocycles. The summed E-state index contributed by atoms with van der Waals surface area (Å²) in [6, 6.07) is 43.4. The molecule has 2 aliphatic rings. The quantitative estimate of drug-likeness (QED) is 0.0109. The lowest BCUT2D eigenvalue weighted by molar-refractivity contribution is -0.688. The van der Waals surface area contributed by atoms with Crippen molar-refractivity contribution < 1.29 is 67.1 Å². The van der Waals surface area contributed by atoms with E-state index in [2.05, 4.69) is 117 Å². The van der Waals surface area contributed by atoms with E-state index in [1.54, 1.807) is 38.5 Å². The predicted molar refractivity (Wildman–Crippen MR) is 382 cm³/mol. The summed E-state index contributed by atoms with van der Waals surface area (Å²) >= 11 is 0. The molecule has 7 heterocycles. The molecule has 2 aliphatic heterocycles. The number of hydrogen-bond acceptors (Lipinski definition) is 14. The first-order valence-corrected chi connectivity index (χ1v) is 32.9. The predicted octanol–water partition coefficient (Wildman–Crippen LogP) is 8.06. The molecule has 8 bridgehead atoms. The van der Waals surface area contributed by atoms with Gasteiger partial charge in [0.2, 0.25) is 0 Å². The van der Waals surface area contributed by atoms with E-state index in [1.165, 1.54) is 0 Å².